The van der Waals surface area contributed by atoms with Crippen LogP contribution in [0.15, 0.2) is 60.0 Å². The van der Waals surface area contributed by atoms with E-state index in [0.29, 0.717) is 12.1 Å². The molecule has 1 aromatic heterocycles. The number of hydrogen-bond donors (Lipinski definition) is 0. The predicted molar refractivity (Wildman–Crippen MR) is 112 cm³/mol. The third-order valence-corrected chi connectivity index (χ3v) is 6.05. The van der Waals surface area contributed by atoms with Gasteiger partial charge in [-0.25, -0.2) is 0 Å². The Bertz CT molecular complexity index is 1020. The number of alkyl halides is 2. The van der Waals surface area contributed by atoms with E-state index in [-0.39, 0.29) is 30.1 Å². The molecule has 0 saturated heterocycles. The average molecular weight is 429 g/mol. The van der Waals surface area contributed by atoms with Crippen LogP contribution in [0.1, 0.15) is 39.3 Å². The number of thiophene rings is 1. The molecule has 7 heteroatoms. The Labute approximate surface area is 177 Å². The van der Waals surface area contributed by atoms with E-state index >= 15 is 0 Å². The highest BCUT2D eigenvalue weighted by atomic mass is 32.1. The zero-order chi connectivity index (χ0) is 21.1. The minimum atomic E-state index is -2.97. The maximum Gasteiger partial charge on any atom is 0.387 e. The zero-order valence-electron chi connectivity index (χ0n) is 16.4. The van der Waals surface area contributed by atoms with Gasteiger partial charge in [-0.05, 0) is 54.1 Å². The van der Waals surface area contributed by atoms with Crippen LogP contribution in [-0.2, 0) is 6.42 Å². The molecule has 0 spiro atoms. The fraction of sp³-hybridized carbons (Fsp3) is 0.261. The largest absolute Gasteiger partial charge is 0.490 e. The van der Waals surface area contributed by atoms with Crippen LogP contribution in [0.4, 0.5) is 8.78 Å². The number of carbonyl (C=O) groups is 1. The summed E-state index contributed by atoms with van der Waals surface area (Å²) in [6.45, 7) is -0.376. The van der Waals surface area contributed by atoms with E-state index in [4.69, 9.17) is 4.74 Å². The molecule has 1 unspecified atom stereocenters. The van der Waals surface area contributed by atoms with Crippen LogP contribution >= 0.6 is 11.3 Å². The summed E-state index contributed by atoms with van der Waals surface area (Å²) in [4.78, 5) is 16.6. The van der Waals surface area contributed by atoms with Crippen LogP contribution in [0.5, 0.6) is 11.5 Å². The maximum absolute atomic E-state index is 13.5. The number of carbonyl (C=O) groups excluding carboxylic acids is 1. The molecule has 0 fully saturated rings. The third kappa shape index (κ3) is 4.03. The van der Waals surface area contributed by atoms with Crippen LogP contribution in [-0.4, -0.2) is 30.6 Å². The molecule has 1 atom stereocenters. The van der Waals surface area contributed by atoms with Crippen LogP contribution in [0.25, 0.3) is 0 Å². The number of nitrogens with zero attached hydrogens (tertiary/aromatic N) is 1. The predicted octanol–water partition coefficient (Wildman–Crippen LogP) is 5.54. The van der Waals surface area contributed by atoms with Crippen molar-refractivity contribution in [2.24, 2.45) is 0 Å². The molecule has 0 radical (unpaired) electrons. The molecule has 4 rings (SSSR count). The van der Waals surface area contributed by atoms with Gasteiger partial charge in [0.05, 0.1) is 12.6 Å². The molecule has 0 N–H and O–H groups in total. The highest BCUT2D eigenvalue weighted by Gasteiger charge is 2.33. The van der Waals surface area contributed by atoms with Crippen LogP contribution < -0.4 is 9.47 Å². The van der Waals surface area contributed by atoms with Crippen molar-refractivity contribution in [1.82, 2.24) is 4.90 Å². The molecule has 156 valence electrons. The first-order chi connectivity index (χ1) is 14.6. The maximum atomic E-state index is 13.5. The van der Waals surface area contributed by atoms with Gasteiger partial charge < -0.3 is 14.4 Å². The highest BCUT2D eigenvalue weighted by molar-refractivity contribution is 7.10. The fourth-order valence-corrected chi connectivity index (χ4v) is 4.70. The Hall–Kier alpha value is -2.93. The summed E-state index contributed by atoms with van der Waals surface area (Å²) in [5, 5.41) is 2.05. The number of halogens is 2. The number of fused-ring (bicyclic) bond motifs is 1. The molecule has 0 saturated carbocycles. The van der Waals surface area contributed by atoms with Crippen molar-refractivity contribution in [2.45, 2.75) is 26.0 Å². The quantitative estimate of drug-likeness (QED) is 0.517. The number of hydrogen-bond acceptors (Lipinski definition) is 4. The Morgan fingerprint density at radius 1 is 1.17 bits per heavy atom. The lowest BCUT2D eigenvalue weighted by Gasteiger charge is -2.36. The van der Waals surface area contributed by atoms with Crippen molar-refractivity contribution in [3.63, 3.8) is 0 Å². The van der Waals surface area contributed by atoms with Gasteiger partial charge in [-0.15, -0.1) is 11.3 Å². The zero-order valence-corrected chi connectivity index (χ0v) is 17.2. The molecule has 0 bridgehead atoms. The van der Waals surface area contributed by atoms with Crippen molar-refractivity contribution in [3.05, 3.63) is 81.5 Å². The first-order valence-corrected chi connectivity index (χ1v) is 10.6. The van der Waals surface area contributed by atoms with Crippen LogP contribution in [0.2, 0.25) is 0 Å². The lowest BCUT2D eigenvalue weighted by Crippen LogP contribution is -2.40. The molecular formula is C23H21F2NO3S. The molecule has 2 heterocycles. The molecule has 1 aliphatic heterocycles. The molecule has 3 aromatic rings. The number of benzene rings is 2. The van der Waals surface area contributed by atoms with Gasteiger partial charge in [0.1, 0.15) is 0 Å². The standard InChI is InChI=1S/C23H21F2NO3S/c1-2-28-19-14-16(8-9-18(19)29-23(24)25)22(27)26-12-10-20-17(11-13-30-20)21(26)15-6-4-3-5-7-15/h3-9,11,13-14,21,23H,2,10,12H2,1H3. The van der Waals surface area contributed by atoms with Gasteiger partial charge in [-0.1, -0.05) is 30.3 Å². The van der Waals surface area contributed by atoms with E-state index in [9.17, 15) is 13.6 Å². The molecule has 30 heavy (non-hydrogen) atoms. The summed E-state index contributed by atoms with van der Waals surface area (Å²) in [5.74, 6) is -0.125. The molecule has 4 nitrogen and oxygen atoms in total. The summed E-state index contributed by atoms with van der Waals surface area (Å²) in [7, 11) is 0. The molecule has 1 aliphatic rings. The Balaban J connectivity index is 1.70. The summed E-state index contributed by atoms with van der Waals surface area (Å²) in [6, 6.07) is 16.1. The number of ether oxygens (including phenoxy) is 2. The van der Waals surface area contributed by atoms with Gasteiger partial charge in [-0.2, -0.15) is 8.78 Å². The van der Waals surface area contributed by atoms with Gasteiger partial charge in [0.2, 0.25) is 0 Å². The van der Waals surface area contributed by atoms with Crippen molar-refractivity contribution in [1.29, 1.82) is 0 Å². The number of amides is 1. The third-order valence-electron chi connectivity index (χ3n) is 5.05. The minimum Gasteiger partial charge on any atom is -0.490 e. The average Bonchev–Trinajstić information content (AvgIpc) is 3.23. The first kappa shape index (κ1) is 20.3. The van der Waals surface area contributed by atoms with Gasteiger partial charge >= 0.3 is 6.61 Å². The minimum absolute atomic E-state index is 0.0817. The molecule has 2 aromatic carbocycles. The van der Waals surface area contributed by atoms with Crippen LogP contribution in [0.3, 0.4) is 0 Å². The van der Waals surface area contributed by atoms with Crippen molar-refractivity contribution >= 4 is 17.2 Å². The van der Waals surface area contributed by atoms with Gasteiger partial charge in [0, 0.05) is 17.0 Å². The summed E-state index contributed by atoms with van der Waals surface area (Å²) >= 11 is 1.70. The van der Waals surface area contributed by atoms with Crippen molar-refractivity contribution in [2.75, 3.05) is 13.2 Å². The second-order valence-corrected chi connectivity index (χ2v) is 7.83. The van der Waals surface area contributed by atoms with Crippen molar-refractivity contribution in [3.8, 4) is 11.5 Å². The molecule has 0 aliphatic carbocycles. The van der Waals surface area contributed by atoms with E-state index in [1.165, 1.54) is 23.1 Å². The van der Waals surface area contributed by atoms with E-state index in [1.807, 2.05) is 35.2 Å². The Kier molecular flexibility index (Phi) is 5.99. The second kappa shape index (κ2) is 8.83. The van der Waals surface area contributed by atoms with E-state index in [1.54, 1.807) is 18.3 Å². The topological polar surface area (TPSA) is 38.8 Å². The fourth-order valence-electron chi connectivity index (χ4n) is 3.80. The number of rotatable bonds is 6. The highest BCUT2D eigenvalue weighted by Crippen LogP contribution is 2.39. The first-order valence-electron chi connectivity index (χ1n) is 9.72. The Morgan fingerprint density at radius 3 is 2.70 bits per heavy atom. The van der Waals surface area contributed by atoms with Crippen molar-refractivity contribution < 1.29 is 23.0 Å². The van der Waals surface area contributed by atoms with Gasteiger partial charge in [0.25, 0.3) is 5.91 Å². The lowest BCUT2D eigenvalue weighted by atomic mass is 9.92. The summed E-state index contributed by atoms with van der Waals surface area (Å²) < 4.78 is 35.3. The summed E-state index contributed by atoms with van der Waals surface area (Å²) in [6.07, 6.45) is 0.785. The Morgan fingerprint density at radius 2 is 1.97 bits per heavy atom. The van der Waals surface area contributed by atoms with E-state index in [0.717, 1.165) is 17.5 Å². The summed E-state index contributed by atoms with van der Waals surface area (Å²) in [5.41, 5.74) is 2.54. The normalized spacial score (nSPS) is 15.7. The monoisotopic (exact) mass is 429 g/mol. The SMILES string of the molecule is CCOc1cc(C(=O)N2CCc3sccc3C2c2ccccc2)ccc1OC(F)F. The second-order valence-electron chi connectivity index (χ2n) is 6.83. The lowest BCUT2D eigenvalue weighted by molar-refractivity contribution is -0.0514. The smallest absolute Gasteiger partial charge is 0.387 e. The molecular weight excluding hydrogens is 408 g/mol. The van der Waals surface area contributed by atoms with E-state index in [2.05, 4.69) is 16.2 Å². The van der Waals surface area contributed by atoms with E-state index < -0.39 is 6.61 Å². The van der Waals surface area contributed by atoms with Gasteiger partial charge in [-0.3, -0.25) is 4.79 Å². The van der Waals surface area contributed by atoms with Gasteiger partial charge in [0.15, 0.2) is 11.5 Å². The van der Waals surface area contributed by atoms with Crippen LogP contribution in [0, 0.1) is 0 Å². The molecule has 1 amide bonds.